The number of aliphatic carboxylic acids is 1. The Hall–Kier alpha value is -1.43. The lowest BCUT2D eigenvalue weighted by Crippen LogP contribution is -2.40. The fraction of sp³-hybridized carbons (Fsp3) is 0.429. The van der Waals surface area contributed by atoms with E-state index in [0.29, 0.717) is 17.6 Å². The maximum Gasteiger partial charge on any atom is 0.303 e. The minimum Gasteiger partial charge on any atom is -0.481 e. The summed E-state index contributed by atoms with van der Waals surface area (Å²) in [6.45, 7) is 0.922. The first-order chi connectivity index (χ1) is 9.47. The van der Waals surface area contributed by atoms with Gasteiger partial charge in [-0.05, 0) is 37.0 Å². The molecule has 1 amide bonds. The van der Waals surface area contributed by atoms with Gasteiger partial charge in [-0.15, -0.1) is 0 Å². The van der Waals surface area contributed by atoms with Crippen molar-refractivity contribution in [1.82, 2.24) is 4.90 Å². The molecule has 1 saturated heterocycles. The van der Waals surface area contributed by atoms with E-state index in [-0.39, 0.29) is 23.8 Å². The van der Waals surface area contributed by atoms with Crippen LogP contribution in [0.1, 0.15) is 29.6 Å². The molecule has 0 saturated carbocycles. The monoisotopic (exact) mass is 343 g/mol. The maximum absolute atomic E-state index is 13.8. The number of amides is 1. The van der Waals surface area contributed by atoms with Gasteiger partial charge in [0.05, 0.1) is 5.56 Å². The Kier molecular flexibility index (Phi) is 4.75. The number of hydrogen-bond donors (Lipinski definition) is 1. The molecule has 1 heterocycles. The van der Waals surface area contributed by atoms with Crippen LogP contribution >= 0.6 is 15.9 Å². The van der Waals surface area contributed by atoms with E-state index in [1.54, 1.807) is 11.0 Å². The van der Waals surface area contributed by atoms with Crippen LogP contribution in [0.15, 0.2) is 22.7 Å². The lowest BCUT2D eigenvalue weighted by Gasteiger charge is -2.32. The summed E-state index contributed by atoms with van der Waals surface area (Å²) in [5.74, 6) is -1.85. The molecule has 1 aromatic carbocycles. The first kappa shape index (κ1) is 15.0. The van der Waals surface area contributed by atoms with Crippen molar-refractivity contribution < 1.29 is 19.1 Å². The molecular formula is C14H15BrFNO3. The average molecular weight is 344 g/mol. The van der Waals surface area contributed by atoms with Crippen molar-refractivity contribution >= 4 is 27.8 Å². The van der Waals surface area contributed by atoms with Crippen molar-refractivity contribution in [2.75, 3.05) is 13.1 Å². The number of nitrogens with zero attached hydrogens (tertiary/aromatic N) is 1. The molecule has 1 N–H and O–H groups in total. The summed E-state index contributed by atoms with van der Waals surface area (Å²) in [4.78, 5) is 24.6. The zero-order chi connectivity index (χ0) is 14.7. The van der Waals surface area contributed by atoms with Crippen LogP contribution in [0.3, 0.4) is 0 Å². The van der Waals surface area contributed by atoms with Crippen LogP contribution in [-0.2, 0) is 4.79 Å². The molecule has 2 rings (SSSR count). The Balaban J connectivity index is 2.10. The lowest BCUT2D eigenvalue weighted by atomic mass is 9.94. The van der Waals surface area contributed by atoms with Crippen LogP contribution < -0.4 is 0 Å². The van der Waals surface area contributed by atoms with E-state index in [2.05, 4.69) is 15.9 Å². The molecule has 0 aromatic heterocycles. The van der Waals surface area contributed by atoms with Gasteiger partial charge in [-0.2, -0.15) is 0 Å². The quantitative estimate of drug-likeness (QED) is 0.917. The van der Waals surface area contributed by atoms with E-state index < -0.39 is 11.8 Å². The zero-order valence-electron chi connectivity index (χ0n) is 10.8. The van der Waals surface area contributed by atoms with Crippen molar-refractivity contribution in [2.45, 2.75) is 19.3 Å². The van der Waals surface area contributed by atoms with Gasteiger partial charge in [0, 0.05) is 24.0 Å². The van der Waals surface area contributed by atoms with Crippen molar-refractivity contribution in [3.8, 4) is 0 Å². The Morgan fingerprint density at radius 2 is 2.20 bits per heavy atom. The second-order valence-corrected chi connectivity index (χ2v) is 5.90. The SMILES string of the molecule is O=C(O)CC1CCCN(C(=O)c2ccc(Br)cc2F)C1. The summed E-state index contributed by atoms with van der Waals surface area (Å²) >= 11 is 3.15. The summed E-state index contributed by atoms with van der Waals surface area (Å²) in [7, 11) is 0. The van der Waals surface area contributed by atoms with Gasteiger partial charge in [0.2, 0.25) is 0 Å². The number of benzene rings is 1. The van der Waals surface area contributed by atoms with Gasteiger partial charge in [-0.25, -0.2) is 4.39 Å². The molecule has 1 aliphatic heterocycles. The predicted octanol–water partition coefficient (Wildman–Crippen LogP) is 2.92. The number of carboxylic acid groups (broad SMARTS) is 1. The molecule has 6 heteroatoms. The van der Waals surface area contributed by atoms with Gasteiger partial charge in [0.15, 0.2) is 0 Å². The molecule has 0 aliphatic carbocycles. The summed E-state index contributed by atoms with van der Waals surface area (Å²) in [6, 6.07) is 4.32. The molecule has 1 aliphatic rings. The Morgan fingerprint density at radius 3 is 2.85 bits per heavy atom. The fourth-order valence-corrected chi connectivity index (χ4v) is 2.83. The Morgan fingerprint density at radius 1 is 1.45 bits per heavy atom. The molecular weight excluding hydrogens is 329 g/mol. The number of hydrogen-bond acceptors (Lipinski definition) is 2. The van der Waals surface area contributed by atoms with E-state index in [1.165, 1.54) is 12.1 Å². The number of carbonyl (C=O) groups excluding carboxylic acids is 1. The molecule has 0 spiro atoms. The molecule has 1 aromatic rings. The average Bonchev–Trinajstić information content (AvgIpc) is 2.37. The molecule has 4 nitrogen and oxygen atoms in total. The second-order valence-electron chi connectivity index (χ2n) is 4.98. The van der Waals surface area contributed by atoms with Crippen LogP contribution in [0.5, 0.6) is 0 Å². The number of piperidine rings is 1. The maximum atomic E-state index is 13.8. The van der Waals surface area contributed by atoms with Crippen LogP contribution in [-0.4, -0.2) is 35.0 Å². The van der Waals surface area contributed by atoms with Crippen LogP contribution in [0.4, 0.5) is 4.39 Å². The molecule has 1 unspecified atom stereocenters. The van der Waals surface area contributed by atoms with E-state index >= 15 is 0 Å². The predicted molar refractivity (Wildman–Crippen MR) is 75.0 cm³/mol. The van der Waals surface area contributed by atoms with Crippen LogP contribution in [0.2, 0.25) is 0 Å². The van der Waals surface area contributed by atoms with Gasteiger partial charge < -0.3 is 10.0 Å². The highest BCUT2D eigenvalue weighted by molar-refractivity contribution is 9.10. The van der Waals surface area contributed by atoms with Gasteiger partial charge >= 0.3 is 5.97 Å². The third-order valence-corrected chi connectivity index (χ3v) is 3.92. The topological polar surface area (TPSA) is 57.6 Å². The van der Waals surface area contributed by atoms with Crippen molar-refractivity contribution in [3.05, 3.63) is 34.1 Å². The Bertz CT molecular complexity index is 535. The first-order valence-electron chi connectivity index (χ1n) is 6.43. The summed E-state index contributed by atoms with van der Waals surface area (Å²) in [5, 5.41) is 8.81. The van der Waals surface area contributed by atoms with Gasteiger partial charge in [-0.3, -0.25) is 9.59 Å². The van der Waals surface area contributed by atoms with E-state index in [1.807, 2.05) is 0 Å². The summed E-state index contributed by atoms with van der Waals surface area (Å²) < 4.78 is 14.4. The van der Waals surface area contributed by atoms with Crippen LogP contribution in [0, 0.1) is 11.7 Å². The highest BCUT2D eigenvalue weighted by Crippen LogP contribution is 2.23. The Labute approximate surface area is 124 Å². The molecule has 0 bridgehead atoms. The largest absolute Gasteiger partial charge is 0.481 e. The number of likely N-dealkylation sites (tertiary alicyclic amines) is 1. The highest BCUT2D eigenvalue weighted by atomic mass is 79.9. The lowest BCUT2D eigenvalue weighted by molar-refractivity contribution is -0.138. The summed E-state index contributed by atoms with van der Waals surface area (Å²) in [5.41, 5.74) is 0.0316. The van der Waals surface area contributed by atoms with Crippen LogP contribution in [0.25, 0.3) is 0 Å². The number of rotatable bonds is 3. The fourth-order valence-electron chi connectivity index (χ4n) is 2.50. The van der Waals surface area contributed by atoms with Crippen molar-refractivity contribution in [3.63, 3.8) is 0 Å². The normalized spacial score (nSPS) is 18.9. The van der Waals surface area contributed by atoms with Gasteiger partial charge in [-0.1, -0.05) is 15.9 Å². The first-order valence-corrected chi connectivity index (χ1v) is 7.23. The van der Waals surface area contributed by atoms with E-state index in [4.69, 9.17) is 5.11 Å². The molecule has 20 heavy (non-hydrogen) atoms. The number of carboxylic acids is 1. The molecule has 1 fully saturated rings. The van der Waals surface area contributed by atoms with E-state index in [0.717, 1.165) is 12.8 Å². The zero-order valence-corrected chi connectivity index (χ0v) is 12.4. The summed E-state index contributed by atoms with van der Waals surface area (Å²) in [6.07, 6.45) is 1.59. The van der Waals surface area contributed by atoms with Gasteiger partial charge in [0.25, 0.3) is 5.91 Å². The second kappa shape index (κ2) is 6.35. The molecule has 1 atom stereocenters. The highest BCUT2D eigenvalue weighted by Gasteiger charge is 2.27. The minimum atomic E-state index is -0.862. The molecule has 0 radical (unpaired) electrons. The number of halogens is 2. The smallest absolute Gasteiger partial charge is 0.303 e. The van der Waals surface area contributed by atoms with Crippen molar-refractivity contribution in [2.24, 2.45) is 5.92 Å². The number of carbonyl (C=O) groups is 2. The van der Waals surface area contributed by atoms with E-state index in [9.17, 15) is 14.0 Å². The minimum absolute atomic E-state index is 0.0316. The van der Waals surface area contributed by atoms with Gasteiger partial charge in [0.1, 0.15) is 5.82 Å². The van der Waals surface area contributed by atoms with Crippen molar-refractivity contribution in [1.29, 1.82) is 0 Å². The third-order valence-electron chi connectivity index (χ3n) is 3.43. The third kappa shape index (κ3) is 3.56. The molecule has 108 valence electrons. The standard InChI is InChI=1S/C14H15BrFNO3/c15-10-3-4-11(12(16)7-10)14(20)17-5-1-2-9(8-17)6-13(18)19/h3-4,7,9H,1-2,5-6,8H2,(H,18,19).